The van der Waals surface area contributed by atoms with E-state index in [0.29, 0.717) is 0 Å². The van der Waals surface area contributed by atoms with Gasteiger partial charge in [0.2, 0.25) is 0 Å². The SMILES string of the molecule is CCn1cc(C2(O)CCNCC2)cn1. The minimum atomic E-state index is -0.654. The van der Waals surface area contributed by atoms with Gasteiger partial charge in [-0.25, -0.2) is 0 Å². The molecule has 1 fully saturated rings. The van der Waals surface area contributed by atoms with Crippen molar-refractivity contribution in [3.63, 3.8) is 0 Å². The Morgan fingerprint density at radius 1 is 1.57 bits per heavy atom. The summed E-state index contributed by atoms with van der Waals surface area (Å²) in [4.78, 5) is 0. The molecule has 14 heavy (non-hydrogen) atoms. The molecule has 0 atom stereocenters. The molecule has 0 radical (unpaired) electrons. The van der Waals surface area contributed by atoms with Crippen LogP contribution < -0.4 is 5.32 Å². The molecule has 0 aromatic carbocycles. The summed E-state index contributed by atoms with van der Waals surface area (Å²) >= 11 is 0. The van der Waals surface area contributed by atoms with Gasteiger partial charge in [-0.3, -0.25) is 4.68 Å². The summed E-state index contributed by atoms with van der Waals surface area (Å²) in [7, 11) is 0. The van der Waals surface area contributed by atoms with Gasteiger partial charge in [-0.15, -0.1) is 0 Å². The van der Waals surface area contributed by atoms with Crippen molar-refractivity contribution in [3.8, 4) is 0 Å². The zero-order valence-electron chi connectivity index (χ0n) is 8.53. The highest BCUT2D eigenvalue weighted by Crippen LogP contribution is 2.29. The van der Waals surface area contributed by atoms with Gasteiger partial charge in [0.05, 0.1) is 11.8 Å². The normalized spacial score (nSPS) is 21.0. The van der Waals surface area contributed by atoms with Gasteiger partial charge < -0.3 is 10.4 Å². The average molecular weight is 195 g/mol. The van der Waals surface area contributed by atoms with Crippen molar-refractivity contribution in [1.29, 1.82) is 0 Å². The van der Waals surface area contributed by atoms with Gasteiger partial charge in [-0.1, -0.05) is 0 Å². The molecule has 1 aliphatic heterocycles. The number of aliphatic hydroxyl groups is 1. The fraction of sp³-hybridized carbons (Fsp3) is 0.700. The molecule has 0 amide bonds. The predicted octanol–water partition coefficient (Wildman–Crippen LogP) is 0.474. The maximum atomic E-state index is 10.4. The van der Waals surface area contributed by atoms with Crippen molar-refractivity contribution >= 4 is 0 Å². The van der Waals surface area contributed by atoms with Gasteiger partial charge in [0, 0.05) is 18.3 Å². The van der Waals surface area contributed by atoms with Crippen LogP contribution >= 0.6 is 0 Å². The molecule has 0 unspecified atom stereocenters. The lowest BCUT2D eigenvalue weighted by Gasteiger charge is -2.31. The van der Waals surface area contributed by atoms with Crippen molar-refractivity contribution in [3.05, 3.63) is 18.0 Å². The number of aryl methyl sites for hydroxylation is 1. The van der Waals surface area contributed by atoms with Crippen LogP contribution in [0.2, 0.25) is 0 Å². The van der Waals surface area contributed by atoms with E-state index in [9.17, 15) is 5.11 Å². The molecule has 1 aliphatic rings. The first kappa shape index (κ1) is 9.68. The Labute approximate surface area is 83.9 Å². The van der Waals surface area contributed by atoms with E-state index >= 15 is 0 Å². The highest BCUT2D eigenvalue weighted by atomic mass is 16.3. The van der Waals surface area contributed by atoms with Gasteiger partial charge in [0.1, 0.15) is 0 Å². The number of hydrogen-bond donors (Lipinski definition) is 2. The standard InChI is InChI=1S/C10H17N3O/c1-2-13-8-9(7-12-13)10(14)3-5-11-6-4-10/h7-8,11,14H,2-6H2,1H3. The first-order valence-electron chi connectivity index (χ1n) is 5.20. The van der Waals surface area contributed by atoms with Crippen LogP contribution in [0.5, 0.6) is 0 Å². The molecular formula is C10H17N3O. The van der Waals surface area contributed by atoms with Gasteiger partial charge >= 0.3 is 0 Å². The molecule has 2 rings (SSSR count). The summed E-state index contributed by atoms with van der Waals surface area (Å²) in [5.41, 5.74) is 0.305. The molecular weight excluding hydrogens is 178 g/mol. The van der Waals surface area contributed by atoms with Crippen LogP contribution in [0.3, 0.4) is 0 Å². The Bertz CT molecular complexity index is 302. The van der Waals surface area contributed by atoms with E-state index in [1.165, 1.54) is 0 Å². The smallest absolute Gasteiger partial charge is 0.0951 e. The maximum absolute atomic E-state index is 10.4. The van der Waals surface area contributed by atoms with E-state index in [4.69, 9.17) is 0 Å². The molecule has 1 aromatic rings. The lowest BCUT2D eigenvalue weighted by Crippen LogP contribution is -2.39. The zero-order chi connectivity index (χ0) is 10.0. The van der Waals surface area contributed by atoms with Crippen molar-refractivity contribution in [2.24, 2.45) is 0 Å². The molecule has 4 heteroatoms. The molecule has 2 heterocycles. The first-order chi connectivity index (χ1) is 6.74. The third-order valence-corrected chi connectivity index (χ3v) is 2.93. The number of hydrogen-bond acceptors (Lipinski definition) is 3. The molecule has 78 valence electrons. The molecule has 0 bridgehead atoms. The summed E-state index contributed by atoms with van der Waals surface area (Å²) < 4.78 is 1.86. The lowest BCUT2D eigenvalue weighted by molar-refractivity contribution is 0.00586. The highest BCUT2D eigenvalue weighted by molar-refractivity contribution is 5.16. The predicted molar refractivity (Wildman–Crippen MR) is 53.9 cm³/mol. The summed E-state index contributed by atoms with van der Waals surface area (Å²) in [6.45, 7) is 4.67. The Morgan fingerprint density at radius 2 is 2.29 bits per heavy atom. The molecule has 0 spiro atoms. The van der Waals surface area contributed by atoms with E-state index < -0.39 is 5.60 Å². The largest absolute Gasteiger partial charge is 0.385 e. The Kier molecular flexibility index (Phi) is 2.56. The average Bonchev–Trinajstić information content (AvgIpc) is 2.67. The van der Waals surface area contributed by atoms with Crippen LogP contribution in [0.4, 0.5) is 0 Å². The minimum absolute atomic E-state index is 0.654. The molecule has 0 saturated carbocycles. The number of piperidine rings is 1. The molecule has 1 aromatic heterocycles. The number of rotatable bonds is 2. The number of nitrogens with zero attached hydrogens (tertiary/aromatic N) is 2. The molecule has 1 saturated heterocycles. The summed E-state index contributed by atoms with van der Waals surface area (Å²) in [5.74, 6) is 0. The lowest BCUT2D eigenvalue weighted by atomic mass is 9.87. The van der Waals surface area contributed by atoms with Gasteiger partial charge in [0.25, 0.3) is 0 Å². The summed E-state index contributed by atoms with van der Waals surface area (Å²) in [6.07, 6.45) is 5.30. The second-order valence-corrected chi connectivity index (χ2v) is 3.87. The Hall–Kier alpha value is -0.870. The van der Waals surface area contributed by atoms with Crippen LogP contribution in [0.1, 0.15) is 25.3 Å². The third-order valence-electron chi connectivity index (χ3n) is 2.93. The summed E-state index contributed by atoms with van der Waals surface area (Å²) in [5, 5.41) is 17.8. The van der Waals surface area contributed by atoms with E-state index in [1.54, 1.807) is 6.20 Å². The molecule has 4 nitrogen and oxygen atoms in total. The second kappa shape index (κ2) is 3.71. The Balaban J connectivity index is 2.19. The van der Waals surface area contributed by atoms with Crippen molar-refractivity contribution < 1.29 is 5.11 Å². The van der Waals surface area contributed by atoms with Crippen molar-refractivity contribution in [2.45, 2.75) is 31.9 Å². The van der Waals surface area contributed by atoms with E-state index in [-0.39, 0.29) is 0 Å². The van der Waals surface area contributed by atoms with E-state index in [1.807, 2.05) is 17.8 Å². The van der Waals surface area contributed by atoms with Crippen LogP contribution in [-0.2, 0) is 12.1 Å². The van der Waals surface area contributed by atoms with Crippen LogP contribution in [0, 0.1) is 0 Å². The molecule has 2 N–H and O–H groups in total. The fourth-order valence-corrected chi connectivity index (χ4v) is 1.91. The number of nitrogens with one attached hydrogen (secondary N) is 1. The maximum Gasteiger partial charge on any atom is 0.0951 e. The highest BCUT2D eigenvalue weighted by Gasteiger charge is 2.32. The summed E-state index contributed by atoms with van der Waals surface area (Å²) in [6, 6.07) is 0. The van der Waals surface area contributed by atoms with Gasteiger partial charge in [-0.2, -0.15) is 5.10 Å². The molecule has 0 aliphatic carbocycles. The number of aromatic nitrogens is 2. The van der Waals surface area contributed by atoms with Gasteiger partial charge in [-0.05, 0) is 32.9 Å². The van der Waals surface area contributed by atoms with E-state index in [0.717, 1.165) is 38.0 Å². The minimum Gasteiger partial charge on any atom is -0.385 e. The zero-order valence-corrected chi connectivity index (χ0v) is 8.53. The quantitative estimate of drug-likeness (QED) is 0.721. The Morgan fingerprint density at radius 3 is 2.86 bits per heavy atom. The van der Waals surface area contributed by atoms with Crippen molar-refractivity contribution in [2.75, 3.05) is 13.1 Å². The van der Waals surface area contributed by atoms with Crippen LogP contribution in [0.25, 0.3) is 0 Å². The first-order valence-corrected chi connectivity index (χ1v) is 5.20. The van der Waals surface area contributed by atoms with Crippen LogP contribution in [-0.4, -0.2) is 28.0 Å². The monoisotopic (exact) mass is 195 g/mol. The van der Waals surface area contributed by atoms with Gasteiger partial charge in [0.15, 0.2) is 0 Å². The topological polar surface area (TPSA) is 50.1 Å². The second-order valence-electron chi connectivity index (χ2n) is 3.87. The fourth-order valence-electron chi connectivity index (χ4n) is 1.91. The van der Waals surface area contributed by atoms with Crippen molar-refractivity contribution in [1.82, 2.24) is 15.1 Å². The van der Waals surface area contributed by atoms with E-state index in [2.05, 4.69) is 10.4 Å². The third kappa shape index (κ3) is 1.67. The van der Waals surface area contributed by atoms with Crippen LogP contribution in [0.15, 0.2) is 12.4 Å².